The van der Waals surface area contributed by atoms with E-state index in [1.54, 1.807) is 12.3 Å². The Kier molecular flexibility index (Phi) is 8.18. The Morgan fingerprint density at radius 3 is 2.52 bits per heavy atom. The molecule has 0 radical (unpaired) electrons. The molecule has 0 aliphatic carbocycles. The summed E-state index contributed by atoms with van der Waals surface area (Å²) in [6.07, 6.45) is 1.75. The van der Waals surface area contributed by atoms with Gasteiger partial charge in [0.05, 0.1) is 41.6 Å². The second-order valence-corrected chi connectivity index (χ2v) is 10.2. The fourth-order valence-corrected chi connectivity index (χ4v) is 5.75. The number of carbonyl (C=O) groups is 1. The normalized spacial score (nSPS) is 16.3. The lowest BCUT2D eigenvalue weighted by Gasteiger charge is -2.28. The van der Waals surface area contributed by atoms with Gasteiger partial charge >= 0.3 is 0 Å². The first-order chi connectivity index (χ1) is 20.2. The van der Waals surface area contributed by atoms with Crippen molar-refractivity contribution < 1.29 is 19.2 Å². The number of rotatable bonds is 9. The molecule has 2 N–H and O–H groups in total. The zero-order valence-corrected chi connectivity index (χ0v) is 24.3. The number of aromatic nitrogens is 2. The van der Waals surface area contributed by atoms with Gasteiger partial charge < -0.3 is 29.6 Å². The van der Waals surface area contributed by atoms with Crippen LogP contribution in [0.1, 0.15) is 34.7 Å². The number of thiocarbonyl (C=S) groups is 1. The topological polar surface area (TPSA) is 124 Å². The molecule has 216 valence electrons. The molecule has 2 aromatic carbocycles. The molecule has 4 aromatic rings. The third-order valence-corrected chi connectivity index (χ3v) is 7.52. The van der Waals surface area contributed by atoms with Crippen molar-refractivity contribution >= 4 is 40.3 Å². The van der Waals surface area contributed by atoms with Crippen molar-refractivity contribution in [1.82, 2.24) is 14.9 Å². The highest BCUT2D eigenvalue weighted by Gasteiger charge is 2.42. The number of nitrogens with zero attached hydrogens (tertiary/aromatic N) is 4. The third-order valence-electron chi connectivity index (χ3n) is 7.21. The van der Waals surface area contributed by atoms with Gasteiger partial charge in [0.15, 0.2) is 5.11 Å². The van der Waals surface area contributed by atoms with E-state index in [0.29, 0.717) is 22.2 Å². The van der Waals surface area contributed by atoms with Crippen molar-refractivity contribution in [2.24, 2.45) is 0 Å². The van der Waals surface area contributed by atoms with Gasteiger partial charge in [0, 0.05) is 42.1 Å². The number of ether oxygens (including phenoxy) is 2. The van der Waals surface area contributed by atoms with Crippen LogP contribution in [-0.4, -0.2) is 46.3 Å². The van der Waals surface area contributed by atoms with E-state index in [9.17, 15) is 14.9 Å². The summed E-state index contributed by atoms with van der Waals surface area (Å²) in [5.74, 6) is 0.146. The molecule has 11 nitrogen and oxygen atoms in total. The van der Waals surface area contributed by atoms with Gasteiger partial charge in [-0.05, 0) is 80.2 Å². The van der Waals surface area contributed by atoms with Crippen LogP contribution < -0.4 is 20.3 Å². The molecule has 0 bridgehead atoms. The Morgan fingerprint density at radius 1 is 1.12 bits per heavy atom. The van der Waals surface area contributed by atoms with Crippen molar-refractivity contribution in [1.29, 1.82) is 0 Å². The Labute approximate surface area is 248 Å². The molecule has 3 heterocycles. The van der Waals surface area contributed by atoms with E-state index in [0.717, 1.165) is 28.3 Å². The van der Waals surface area contributed by atoms with E-state index in [2.05, 4.69) is 26.6 Å². The van der Waals surface area contributed by atoms with E-state index in [4.69, 9.17) is 21.7 Å². The molecule has 1 fully saturated rings. The molecule has 12 heteroatoms. The number of hydrogen-bond acceptors (Lipinski definition) is 7. The van der Waals surface area contributed by atoms with E-state index >= 15 is 0 Å². The SMILES string of the molecule is COCC(=O)Nc1ccc(N2C(=S)N[C@H](c3ccccn3)[C@H]2c2cc(C)n(-c3ccc([N+](=O)[O-])cc3OC)c2C)cc1. The molecule has 1 amide bonds. The number of nitro benzene ring substituents is 1. The molecule has 42 heavy (non-hydrogen) atoms. The van der Waals surface area contributed by atoms with Crippen molar-refractivity contribution in [3.63, 3.8) is 0 Å². The number of benzene rings is 2. The minimum atomic E-state index is -0.443. The fourth-order valence-electron chi connectivity index (χ4n) is 5.40. The summed E-state index contributed by atoms with van der Waals surface area (Å²) in [5, 5.41) is 18.2. The number of pyridine rings is 1. The number of non-ortho nitro benzene ring substituents is 1. The molecule has 2 aromatic heterocycles. The smallest absolute Gasteiger partial charge is 0.273 e. The quantitative estimate of drug-likeness (QED) is 0.155. The molecule has 2 atom stereocenters. The fraction of sp³-hybridized carbons (Fsp3) is 0.233. The van der Waals surface area contributed by atoms with Crippen molar-refractivity contribution in [2.45, 2.75) is 25.9 Å². The lowest BCUT2D eigenvalue weighted by molar-refractivity contribution is -0.384. The van der Waals surface area contributed by atoms with E-state index in [1.807, 2.05) is 60.9 Å². The molecule has 1 saturated heterocycles. The second kappa shape index (κ2) is 12.0. The van der Waals surface area contributed by atoms with Crippen molar-refractivity contribution in [3.8, 4) is 11.4 Å². The van der Waals surface area contributed by atoms with Crippen LogP contribution in [0.3, 0.4) is 0 Å². The Balaban J connectivity index is 1.60. The average Bonchev–Trinajstić information content (AvgIpc) is 3.48. The number of nitro groups is 1. The predicted molar refractivity (Wildman–Crippen MR) is 163 cm³/mol. The lowest BCUT2D eigenvalue weighted by atomic mass is 9.96. The maximum Gasteiger partial charge on any atom is 0.273 e. The number of anilines is 2. The second-order valence-electron chi connectivity index (χ2n) is 9.80. The number of carbonyl (C=O) groups excluding carboxylic acids is 1. The highest BCUT2D eigenvalue weighted by Crippen LogP contribution is 2.44. The van der Waals surface area contributed by atoms with Gasteiger partial charge in [0.25, 0.3) is 5.69 Å². The summed E-state index contributed by atoms with van der Waals surface area (Å²) in [6.45, 7) is 3.95. The van der Waals surface area contributed by atoms with Crippen LogP contribution in [0, 0.1) is 24.0 Å². The zero-order valence-electron chi connectivity index (χ0n) is 23.5. The summed E-state index contributed by atoms with van der Waals surface area (Å²) in [7, 11) is 2.97. The first-order valence-electron chi connectivity index (χ1n) is 13.1. The Bertz CT molecular complexity index is 1640. The standard InChI is InChI=1S/C30H30N6O5S/c1-18-15-23(19(2)34(18)25-13-12-22(36(38)39)16-26(25)41-4)29-28(24-7-5-6-14-31-24)33-30(42)35(29)21-10-8-20(9-11-21)32-27(37)17-40-3/h5-16,28-29H,17H2,1-4H3,(H,32,37)(H,33,42)/t28-,29-/m1/s1. The maximum atomic E-state index is 12.0. The number of aryl methyl sites for hydroxylation is 1. The van der Waals surface area contributed by atoms with Gasteiger partial charge in [0.2, 0.25) is 5.91 Å². The van der Waals surface area contributed by atoms with Crippen LogP contribution in [0.25, 0.3) is 5.69 Å². The maximum absolute atomic E-state index is 12.0. The number of nitrogens with one attached hydrogen (secondary N) is 2. The molecular weight excluding hydrogens is 556 g/mol. The minimum Gasteiger partial charge on any atom is -0.494 e. The van der Waals surface area contributed by atoms with Crippen LogP contribution >= 0.6 is 12.2 Å². The first-order valence-corrected chi connectivity index (χ1v) is 13.6. The average molecular weight is 587 g/mol. The van der Waals surface area contributed by atoms with Crippen molar-refractivity contribution in [3.05, 3.63) is 106 Å². The summed E-state index contributed by atoms with van der Waals surface area (Å²) >= 11 is 5.88. The first kappa shape index (κ1) is 28.7. The van der Waals surface area contributed by atoms with Gasteiger partial charge in [-0.2, -0.15) is 0 Å². The van der Waals surface area contributed by atoms with E-state index in [1.165, 1.54) is 26.4 Å². The van der Waals surface area contributed by atoms with Gasteiger partial charge in [-0.15, -0.1) is 0 Å². The number of hydrogen-bond donors (Lipinski definition) is 2. The minimum absolute atomic E-state index is 0.0368. The van der Waals surface area contributed by atoms with Gasteiger partial charge in [-0.25, -0.2) is 0 Å². The molecule has 1 aliphatic heterocycles. The van der Waals surface area contributed by atoms with Crippen molar-refractivity contribution in [2.75, 3.05) is 31.0 Å². The summed E-state index contributed by atoms with van der Waals surface area (Å²) in [5.41, 5.74) is 5.77. The Hall–Kier alpha value is -4.81. The third kappa shape index (κ3) is 5.41. The number of methoxy groups -OCH3 is 2. The molecule has 0 saturated carbocycles. The van der Waals surface area contributed by atoms with Gasteiger partial charge in [0.1, 0.15) is 12.4 Å². The monoisotopic (exact) mass is 586 g/mol. The molecule has 5 rings (SSSR count). The molecular formula is C30H30N6O5S. The van der Waals surface area contributed by atoms with Crippen LogP contribution in [0.5, 0.6) is 5.75 Å². The summed E-state index contributed by atoms with van der Waals surface area (Å²) < 4.78 is 12.5. The highest BCUT2D eigenvalue weighted by atomic mass is 32.1. The van der Waals surface area contributed by atoms with Crippen LogP contribution in [-0.2, 0) is 9.53 Å². The Morgan fingerprint density at radius 2 is 1.88 bits per heavy atom. The van der Waals surface area contributed by atoms with Crippen LogP contribution in [0.15, 0.2) is 72.9 Å². The molecule has 0 unspecified atom stereocenters. The predicted octanol–water partition coefficient (Wildman–Crippen LogP) is 5.17. The van der Waals surface area contributed by atoms with Gasteiger partial charge in [-0.3, -0.25) is 19.9 Å². The van der Waals surface area contributed by atoms with E-state index in [-0.39, 0.29) is 30.3 Å². The van der Waals surface area contributed by atoms with Crippen LogP contribution in [0.2, 0.25) is 0 Å². The largest absolute Gasteiger partial charge is 0.494 e. The number of amides is 1. The highest BCUT2D eigenvalue weighted by molar-refractivity contribution is 7.80. The molecule has 0 spiro atoms. The lowest BCUT2D eigenvalue weighted by Crippen LogP contribution is -2.29. The van der Waals surface area contributed by atoms with E-state index < -0.39 is 4.92 Å². The molecule has 1 aliphatic rings. The summed E-state index contributed by atoms with van der Waals surface area (Å²) in [6, 6.07) is 19.4. The van der Waals surface area contributed by atoms with Crippen LogP contribution in [0.4, 0.5) is 17.1 Å². The zero-order chi connectivity index (χ0) is 30.0. The van der Waals surface area contributed by atoms with Gasteiger partial charge in [-0.1, -0.05) is 6.07 Å². The summed E-state index contributed by atoms with van der Waals surface area (Å²) in [4.78, 5) is 29.6.